The molecular weight excluding hydrogens is 301 g/mol. The van der Waals surface area contributed by atoms with Gasteiger partial charge in [-0.05, 0) is 31.0 Å². The number of hydrogen-bond donors (Lipinski definition) is 1. The number of aromatic nitrogens is 2. The predicted octanol–water partition coefficient (Wildman–Crippen LogP) is 3.81. The Kier molecular flexibility index (Phi) is 4.03. The van der Waals surface area contributed by atoms with Gasteiger partial charge in [0.25, 0.3) is 0 Å². The predicted molar refractivity (Wildman–Crippen MR) is 80.1 cm³/mol. The molecule has 1 aliphatic carbocycles. The first-order chi connectivity index (χ1) is 9.22. The zero-order valence-corrected chi connectivity index (χ0v) is 12.5. The summed E-state index contributed by atoms with van der Waals surface area (Å²) in [5.41, 5.74) is 0.893. The first-order valence-corrected chi connectivity index (χ1v) is 7.81. The second-order valence-electron chi connectivity index (χ2n) is 4.60. The van der Waals surface area contributed by atoms with Gasteiger partial charge in [-0.15, -0.1) is 10.2 Å². The molecule has 0 unspecified atom stereocenters. The first kappa shape index (κ1) is 13.3. The van der Waals surface area contributed by atoms with Crippen LogP contribution < -0.4 is 5.32 Å². The van der Waals surface area contributed by atoms with Gasteiger partial charge in [-0.25, -0.2) is 0 Å². The van der Waals surface area contributed by atoms with E-state index in [1.807, 2.05) is 12.1 Å². The highest BCUT2D eigenvalue weighted by Gasteiger charge is 2.20. The van der Waals surface area contributed by atoms with Crippen molar-refractivity contribution in [1.82, 2.24) is 15.5 Å². The van der Waals surface area contributed by atoms with Crippen LogP contribution in [0.4, 0.5) is 0 Å². The molecular formula is C13H13Cl2N3S. The number of halogens is 2. The lowest BCUT2D eigenvalue weighted by Crippen LogP contribution is -2.19. The molecule has 0 amide bonds. The van der Waals surface area contributed by atoms with E-state index in [0.717, 1.165) is 34.6 Å². The molecule has 1 aromatic carbocycles. The smallest absolute Gasteiger partial charge is 0.149 e. The molecule has 6 heteroatoms. The van der Waals surface area contributed by atoms with Crippen LogP contribution in [0.25, 0.3) is 10.6 Å². The molecule has 100 valence electrons. The summed E-state index contributed by atoms with van der Waals surface area (Å²) >= 11 is 13.6. The molecule has 0 saturated heterocycles. The van der Waals surface area contributed by atoms with E-state index in [2.05, 4.69) is 15.5 Å². The lowest BCUT2D eigenvalue weighted by Gasteiger charge is -1.99. The van der Waals surface area contributed by atoms with E-state index >= 15 is 0 Å². The fourth-order valence-corrected chi connectivity index (χ4v) is 3.23. The van der Waals surface area contributed by atoms with Crippen LogP contribution in [0.15, 0.2) is 18.2 Å². The van der Waals surface area contributed by atoms with E-state index < -0.39 is 0 Å². The third-order valence-corrected chi connectivity index (χ3v) is 4.54. The standard InChI is InChI=1S/C13H13Cl2N3S/c14-8-1-4-10(11(15)7-8)13-18-17-12(19-13)5-6-16-9-2-3-9/h1,4,7,9,16H,2-3,5-6H2. The third kappa shape index (κ3) is 3.45. The van der Waals surface area contributed by atoms with Crippen LogP contribution in [0.2, 0.25) is 10.0 Å². The van der Waals surface area contributed by atoms with E-state index in [4.69, 9.17) is 23.2 Å². The Morgan fingerprint density at radius 2 is 2.11 bits per heavy atom. The van der Waals surface area contributed by atoms with Crippen LogP contribution in [-0.2, 0) is 6.42 Å². The van der Waals surface area contributed by atoms with E-state index in [0.29, 0.717) is 10.0 Å². The van der Waals surface area contributed by atoms with Crippen molar-refractivity contribution in [2.24, 2.45) is 0 Å². The minimum atomic E-state index is 0.617. The van der Waals surface area contributed by atoms with Crippen molar-refractivity contribution in [3.63, 3.8) is 0 Å². The number of nitrogens with one attached hydrogen (secondary N) is 1. The zero-order valence-electron chi connectivity index (χ0n) is 10.2. The molecule has 0 atom stereocenters. The van der Waals surface area contributed by atoms with Crippen molar-refractivity contribution in [3.05, 3.63) is 33.3 Å². The molecule has 0 aliphatic heterocycles. The summed E-state index contributed by atoms with van der Waals surface area (Å²) < 4.78 is 0. The van der Waals surface area contributed by atoms with E-state index in [1.165, 1.54) is 12.8 Å². The maximum Gasteiger partial charge on any atom is 0.149 e. The molecule has 3 nitrogen and oxygen atoms in total. The fraction of sp³-hybridized carbons (Fsp3) is 0.385. The van der Waals surface area contributed by atoms with Crippen LogP contribution in [0, 0.1) is 0 Å². The highest BCUT2D eigenvalue weighted by atomic mass is 35.5. The SMILES string of the molecule is Clc1ccc(-c2nnc(CCNC3CC3)s2)c(Cl)c1. The number of hydrogen-bond acceptors (Lipinski definition) is 4. The molecule has 0 spiro atoms. The van der Waals surface area contributed by atoms with Crippen molar-refractivity contribution in [2.45, 2.75) is 25.3 Å². The summed E-state index contributed by atoms with van der Waals surface area (Å²) in [4.78, 5) is 0. The van der Waals surface area contributed by atoms with Crippen molar-refractivity contribution >= 4 is 34.5 Å². The largest absolute Gasteiger partial charge is 0.314 e. The van der Waals surface area contributed by atoms with Crippen LogP contribution in [0.5, 0.6) is 0 Å². The molecule has 19 heavy (non-hydrogen) atoms. The highest BCUT2D eigenvalue weighted by Crippen LogP contribution is 2.32. The normalized spacial score (nSPS) is 14.8. The molecule has 1 aliphatic rings. The van der Waals surface area contributed by atoms with Crippen LogP contribution in [0.1, 0.15) is 17.8 Å². The Hall–Kier alpha value is -0.680. The summed E-state index contributed by atoms with van der Waals surface area (Å²) in [5.74, 6) is 0. The Balaban J connectivity index is 1.68. The Morgan fingerprint density at radius 3 is 2.84 bits per heavy atom. The minimum Gasteiger partial charge on any atom is -0.314 e. The molecule has 1 N–H and O–H groups in total. The van der Waals surface area contributed by atoms with Crippen LogP contribution >= 0.6 is 34.5 Å². The molecule has 1 saturated carbocycles. The molecule has 1 heterocycles. The molecule has 1 fully saturated rings. The Morgan fingerprint density at radius 1 is 1.26 bits per heavy atom. The monoisotopic (exact) mass is 313 g/mol. The minimum absolute atomic E-state index is 0.617. The number of nitrogens with zero attached hydrogens (tertiary/aromatic N) is 2. The summed E-state index contributed by atoms with van der Waals surface area (Å²) in [7, 11) is 0. The second kappa shape index (κ2) is 5.75. The van der Waals surface area contributed by atoms with Gasteiger partial charge in [0.15, 0.2) is 0 Å². The van der Waals surface area contributed by atoms with Gasteiger partial charge in [-0.2, -0.15) is 0 Å². The molecule has 1 aromatic heterocycles. The molecule has 0 radical (unpaired) electrons. The number of rotatable bonds is 5. The summed E-state index contributed by atoms with van der Waals surface area (Å²) in [5, 5.41) is 15.0. The third-order valence-electron chi connectivity index (χ3n) is 2.98. The topological polar surface area (TPSA) is 37.8 Å². The molecule has 2 aromatic rings. The van der Waals surface area contributed by atoms with Crippen LogP contribution in [-0.4, -0.2) is 22.8 Å². The van der Waals surface area contributed by atoms with Crippen LogP contribution in [0.3, 0.4) is 0 Å². The summed E-state index contributed by atoms with van der Waals surface area (Å²) in [6.07, 6.45) is 3.53. The van der Waals surface area contributed by atoms with Crippen molar-refractivity contribution in [1.29, 1.82) is 0 Å². The van der Waals surface area contributed by atoms with Crippen molar-refractivity contribution < 1.29 is 0 Å². The van der Waals surface area contributed by atoms with Gasteiger partial charge in [0.1, 0.15) is 10.0 Å². The average molecular weight is 314 g/mol. The fourth-order valence-electron chi connectivity index (χ4n) is 1.80. The Labute approximate surface area is 126 Å². The number of benzene rings is 1. The summed E-state index contributed by atoms with van der Waals surface area (Å²) in [6, 6.07) is 6.17. The quantitative estimate of drug-likeness (QED) is 0.912. The summed E-state index contributed by atoms with van der Waals surface area (Å²) in [6.45, 7) is 0.966. The lowest BCUT2D eigenvalue weighted by atomic mass is 10.2. The van der Waals surface area contributed by atoms with Gasteiger partial charge in [-0.1, -0.05) is 34.5 Å². The zero-order chi connectivity index (χ0) is 13.2. The first-order valence-electron chi connectivity index (χ1n) is 6.23. The van der Waals surface area contributed by atoms with Gasteiger partial charge in [0.05, 0.1) is 5.02 Å². The van der Waals surface area contributed by atoms with Gasteiger partial charge < -0.3 is 5.32 Å². The average Bonchev–Trinajstić information content (AvgIpc) is 3.07. The molecule has 3 rings (SSSR count). The van der Waals surface area contributed by atoms with Gasteiger partial charge in [0.2, 0.25) is 0 Å². The van der Waals surface area contributed by atoms with E-state index in [9.17, 15) is 0 Å². The van der Waals surface area contributed by atoms with Gasteiger partial charge >= 0.3 is 0 Å². The highest BCUT2D eigenvalue weighted by molar-refractivity contribution is 7.14. The maximum atomic E-state index is 6.17. The van der Waals surface area contributed by atoms with Crippen molar-refractivity contribution in [3.8, 4) is 10.6 Å². The van der Waals surface area contributed by atoms with Gasteiger partial charge in [0, 0.05) is 29.6 Å². The van der Waals surface area contributed by atoms with Crippen molar-refractivity contribution in [2.75, 3.05) is 6.54 Å². The van der Waals surface area contributed by atoms with Gasteiger partial charge in [-0.3, -0.25) is 0 Å². The van der Waals surface area contributed by atoms with E-state index in [1.54, 1.807) is 17.4 Å². The van der Waals surface area contributed by atoms with E-state index in [-0.39, 0.29) is 0 Å². The second-order valence-corrected chi connectivity index (χ2v) is 6.51. The maximum absolute atomic E-state index is 6.17. The Bertz CT molecular complexity index is 581. The molecule has 0 bridgehead atoms. The lowest BCUT2D eigenvalue weighted by molar-refractivity contribution is 0.677.